The zero-order valence-electron chi connectivity index (χ0n) is 19.3. The summed E-state index contributed by atoms with van der Waals surface area (Å²) in [5.41, 5.74) is 1.17. The van der Waals surface area contributed by atoms with Crippen LogP contribution in [0, 0.1) is 13.8 Å². The van der Waals surface area contributed by atoms with Gasteiger partial charge >= 0.3 is 6.18 Å². The summed E-state index contributed by atoms with van der Waals surface area (Å²) in [5.74, 6) is -2.12. The Kier molecular flexibility index (Phi) is 7.03. The second kappa shape index (κ2) is 9.91. The third-order valence-corrected chi connectivity index (χ3v) is 6.39. The maximum Gasteiger partial charge on any atom is 0.416 e. The number of anilines is 3. The zero-order chi connectivity index (χ0) is 27.1. The van der Waals surface area contributed by atoms with E-state index in [0.717, 1.165) is 34.2 Å². The summed E-state index contributed by atoms with van der Waals surface area (Å²) in [5, 5.41) is 4.73. The van der Waals surface area contributed by atoms with Gasteiger partial charge in [0.25, 0.3) is 17.7 Å². The van der Waals surface area contributed by atoms with E-state index in [1.807, 2.05) is 13.8 Å². The van der Waals surface area contributed by atoms with Crippen molar-refractivity contribution in [2.24, 2.45) is 0 Å². The molecule has 0 radical (unpaired) electrons. The van der Waals surface area contributed by atoms with Crippen LogP contribution in [-0.2, 0) is 15.8 Å². The molecule has 0 unspecified atom stereocenters. The molecule has 1 aliphatic rings. The number of rotatable bonds is 5. The lowest BCUT2D eigenvalue weighted by Crippen LogP contribution is -2.32. The minimum Gasteiger partial charge on any atom is -0.350 e. The third kappa shape index (κ3) is 5.33. The Morgan fingerprint density at radius 3 is 2.30 bits per heavy atom. The lowest BCUT2D eigenvalue weighted by atomic mass is 10.1. The van der Waals surface area contributed by atoms with Crippen LogP contribution in [0.25, 0.3) is 0 Å². The molecule has 4 rings (SSSR count). The topological polar surface area (TPSA) is 78.5 Å². The van der Waals surface area contributed by atoms with E-state index < -0.39 is 29.5 Å². The van der Waals surface area contributed by atoms with Gasteiger partial charge in [0, 0.05) is 11.3 Å². The van der Waals surface area contributed by atoms with Crippen LogP contribution in [0.5, 0.6) is 0 Å². The number of carbonyl (C=O) groups is 3. The van der Waals surface area contributed by atoms with Crippen molar-refractivity contribution < 1.29 is 27.6 Å². The van der Waals surface area contributed by atoms with E-state index in [-0.39, 0.29) is 32.7 Å². The SMILES string of the molecule is Cc1ccc(N2C(=O)C(Cl)=C(Nc3cccc(C(=O)Nc4cc(C(F)(F)F)ccc4Cl)c3)C2=O)cc1C. The van der Waals surface area contributed by atoms with E-state index in [2.05, 4.69) is 10.6 Å². The van der Waals surface area contributed by atoms with Crippen LogP contribution < -0.4 is 15.5 Å². The second-order valence-electron chi connectivity index (χ2n) is 8.26. The lowest BCUT2D eigenvalue weighted by molar-refractivity contribution is -0.137. The molecule has 37 heavy (non-hydrogen) atoms. The Morgan fingerprint density at radius 1 is 0.892 bits per heavy atom. The quantitative estimate of drug-likeness (QED) is 0.350. The van der Waals surface area contributed by atoms with Crippen LogP contribution >= 0.6 is 23.2 Å². The van der Waals surface area contributed by atoms with E-state index in [1.54, 1.807) is 18.2 Å². The molecule has 0 aromatic heterocycles. The first kappa shape index (κ1) is 26.2. The Balaban J connectivity index is 1.55. The minimum absolute atomic E-state index is 0.0537. The number of hydrogen-bond acceptors (Lipinski definition) is 4. The summed E-state index contributed by atoms with van der Waals surface area (Å²) >= 11 is 12.1. The van der Waals surface area contributed by atoms with E-state index in [1.165, 1.54) is 24.3 Å². The van der Waals surface area contributed by atoms with E-state index in [0.29, 0.717) is 5.69 Å². The fourth-order valence-electron chi connectivity index (χ4n) is 3.58. The average Bonchev–Trinajstić information content (AvgIpc) is 3.04. The van der Waals surface area contributed by atoms with Gasteiger partial charge in [-0.1, -0.05) is 35.3 Å². The van der Waals surface area contributed by atoms with Crippen molar-refractivity contribution in [2.75, 3.05) is 15.5 Å². The summed E-state index contributed by atoms with van der Waals surface area (Å²) in [7, 11) is 0. The smallest absolute Gasteiger partial charge is 0.350 e. The zero-order valence-corrected chi connectivity index (χ0v) is 20.8. The summed E-state index contributed by atoms with van der Waals surface area (Å²) in [4.78, 5) is 39.5. The monoisotopic (exact) mass is 547 g/mol. The maximum atomic E-state index is 13.1. The number of benzene rings is 3. The molecule has 0 spiro atoms. The molecule has 3 aromatic rings. The van der Waals surface area contributed by atoms with Gasteiger partial charge in [-0.15, -0.1) is 0 Å². The molecule has 1 aliphatic heterocycles. The van der Waals surface area contributed by atoms with Crippen LogP contribution in [0.3, 0.4) is 0 Å². The van der Waals surface area contributed by atoms with Crippen molar-refractivity contribution in [2.45, 2.75) is 20.0 Å². The van der Waals surface area contributed by atoms with Crippen LogP contribution in [0.1, 0.15) is 27.0 Å². The number of imide groups is 1. The first-order valence-corrected chi connectivity index (χ1v) is 11.5. The highest BCUT2D eigenvalue weighted by molar-refractivity contribution is 6.53. The van der Waals surface area contributed by atoms with Crippen LogP contribution in [0.4, 0.5) is 30.2 Å². The van der Waals surface area contributed by atoms with Gasteiger partial charge < -0.3 is 10.6 Å². The highest BCUT2D eigenvalue weighted by Gasteiger charge is 2.39. The fourth-order valence-corrected chi connectivity index (χ4v) is 3.96. The molecule has 3 aromatic carbocycles. The number of hydrogen-bond donors (Lipinski definition) is 2. The minimum atomic E-state index is -4.61. The van der Waals surface area contributed by atoms with Crippen molar-refractivity contribution >= 4 is 58.0 Å². The highest BCUT2D eigenvalue weighted by Crippen LogP contribution is 2.34. The van der Waals surface area contributed by atoms with Crippen LogP contribution in [0.15, 0.2) is 71.4 Å². The first-order chi connectivity index (χ1) is 17.4. The van der Waals surface area contributed by atoms with Gasteiger partial charge in [-0.05, 0) is 73.5 Å². The molecule has 0 fully saturated rings. The number of amides is 3. The predicted octanol–water partition coefficient (Wildman–Crippen LogP) is 6.66. The first-order valence-electron chi connectivity index (χ1n) is 10.8. The molecule has 190 valence electrons. The number of nitrogens with zero attached hydrogens (tertiary/aromatic N) is 1. The molecule has 2 N–H and O–H groups in total. The fraction of sp³-hybridized carbons (Fsp3) is 0.115. The summed E-state index contributed by atoms with van der Waals surface area (Å²) in [6.07, 6.45) is -4.61. The molecular formula is C26H18Cl2F3N3O3. The van der Waals surface area contributed by atoms with E-state index in [9.17, 15) is 27.6 Å². The number of carbonyl (C=O) groups excluding carboxylic acids is 3. The Bertz CT molecular complexity index is 1490. The van der Waals surface area contributed by atoms with Crippen molar-refractivity contribution in [1.82, 2.24) is 0 Å². The van der Waals surface area contributed by atoms with Crippen LogP contribution in [0.2, 0.25) is 5.02 Å². The summed E-state index contributed by atoms with van der Waals surface area (Å²) in [6.45, 7) is 3.75. The lowest BCUT2D eigenvalue weighted by Gasteiger charge is -2.16. The molecular weight excluding hydrogens is 530 g/mol. The molecule has 0 saturated heterocycles. The van der Waals surface area contributed by atoms with Crippen molar-refractivity contribution in [3.8, 4) is 0 Å². The summed E-state index contributed by atoms with van der Waals surface area (Å²) < 4.78 is 39.1. The molecule has 0 saturated carbocycles. The van der Waals surface area contributed by atoms with Crippen molar-refractivity contribution in [3.05, 3.63) is 98.7 Å². The molecule has 6 nitrogen and oxygen atoms in total. The maximum absolute atomic E-state index is 13.1. The molecule has 0 bridgehead atoms. The number of alkyl halides is 3. The normalized spacial score (nSPS) is 13.9. The van der Waals surface area contributed by atoms with Crippen molar-refractivity contribution in [3.63, 3.8) is 0 Å². The Hall–Kier alpha value is -3.82. The highest BCUT2D eigenvalue weighted by atomic mass is 35.5. The van der Waals surface area contributed by atoms with E-state index >= 15 is 0 Å². The molecule has 3 amide bonds. The van der Waals surface area contributed by atoms with Gasteiger partial charge in [-0.3, -0.25) is 14.4 Å². The Labute approximate surface area is 219 Å². The number of nitrogens with one attached hydrogen (secondary N) is 2. The molecule has 0 aliphatic carbocycles. The standard InChI is InChI=1S/C26H18Cl2F3N3O3/c1-13-6-8-18(10-14(13)2)34-24(36)21(28)22(25(34)37)32-17-5-3-4-15(11-17)23(35)33-20-12-16(26(29,30)31)7-9-19(20)27/h3-12,32H,1-2H3,(H,33,35). The van der Waals surface area contributed by atoms with Gasteiger partial charge in [0.1, 0.15) is 10.7 Å². The third-order valence-electron chi connectivity index (χ3n) is 5.71. The van der Waals surface area contributed by atoms with Gasteiger partial charge in [-0.2, -0.15) is 13.2 Å². The van der Waals surface area contributed by atoms with Gasteiger partial charge in [-0.25, -0.2) is 4.90 Å². The predicted molar refractivity (Wildman–Crippen MR) is 136 cm³/mol. The van der Waals surface area contributed by atoms with Crippen LogP contribution in [-0.4, -0.2) is 17.7 Å². The summed E-state index contributed by atoms with van der Waals surface area (Å²) in [6, 6.07) is 13.5. The van der Waals surface area contributed by atoms with Gasteiger partial charge in [0.2, 0.25) is 0 Å². The Morgan fingerprint density at radius 2 is 1.62 bits per heavy atom. The molecule has 0 atom stereocenters. The van der Waals surface area contributed by atoms with Gasteiger partial charge in [0.05, 0.1) is 22.0 Å². The average molecular weight is 548 g/mol. The number of halogens is 5. The van der Waals surface area contributed by atoms with Gasteiger partial charge in [0.15, 0.2) is 0 Å². The number of aryl methyl sites for hydroxylation is 2. The second-order valence-corrected chi connectivity index (χ2v) is 9.04. The largest absolute Gasteiger partial charge is 0.416 e. The van der Waals surface area contributed by atoms with Crippen molar-refractivity contribution in [1.29, 1.82) is 0 Å². The molecule has 11 heteroatoms. The van der Waals surface area contributed by atoms with E-state index in [4.69, 9.17) is 23.2 Å². The molecule has 1 heterocycles.